The smallest absolute Gasteiger partial charge is 0.354 e. The summed E-state index contributed by atoms with van der Waals surface area (Å²) < 4.78 is 0. The Balaban J connectivity index is 2.07. The number of pyridine rings is 1. The summed E-state index contributed by atoms with van der Waals surface area (Å²) in [7, 11) is 0. The van der Waals surface area contributed by atoms with Crippen molar-refractivity contribution in [1.82, 2.24) is 10.3 Å². The Labute approximate surface area is 105 Å². The van der Waals surface area contributed by atoms with Gasteiger partial charge in [-0.25, -0.2) is 9.78 Å². The van der Waals surface area contributed by atoms with Crippen molar-refractivity contribution in [2.75, 3.05) is 0 Å². The number of carbonyl (C=O) groups is 2. The first-order valence-electron chi connectivity index (χ1n) is 6.08. The molecule has 0 radical (unpaired) electrons. The number of aromatic nitrogens is 1. The van der Waals surface area contributed by atoms with E-state index >= 15 is 0 Å². The number of amides is 1. The number of nitrogens with zero attached hydrogens (tertiary/aromatic N) is 1. The number of rotatable bonds is 4. The van der Waals surface area contributed by atoms with Crippen molar-refractivity contribution in [3.8, 4) is 0 Å². The van der Waals surface area contributed by atoms with Gasteiger partial charge in [-0.15, -0.1) is 0 Å². The quantitative estimate of drug-likeness (QED) is 0.852. The molecule has 1 amide bonds. The van der Waals surface area contributed by atoms with Crippen LogP contribution in [0.15, 0.2) is 18.3 Å². The Morgan fingerprint density at radius 2 is 2.17 bits per heavy atom. The highest BCUT2D eigenvalue weighted by Crippen LogP contribution is 2.34. The summed E-state index contributed by atoms with van der Waals surface area (Å²) in [6.45, 7) is 2.06. The molecule has 2 N–H and O–H groups in total. The molecule has 0 aromatic carbocycles. The van der Waals surface area contributed by atoms with Crippen molar-refractivity contribution in [2.24, 2.45) is 0 Å². The van der Waals surface area contributed by atoms with Crippen LogP contribution in [0.3, 0.4) is 0 Å². The lowest BCUT2D eigenvalue weighted by molar-refractivity contribution is 0.0688. The van der Waals surface area contributed by atoms with E-state index in [1.54, 1.807) is 0 Å². The van der Waals surface area contributed by atoms with E-state index < -0.39 is 5.97 Å². The van der Waals surface area contributed by atoms with Crippen molar-refractivity contribution < 1.29 is 14.7 Å². The summed E-state index contributed by atoms with van der Waals surface area (Å²) >= 11 is 0. The molecular formula is C13H16N2O3. The molecule has 5 heteroatoms. The molecule has 1 aromatic rings. The molecule has 0 unspecified atom stereocenters. The van der Waals surface area contributed by atoms with Gasteiger partial charge in [-0.2, -0.15) is 0 Å². The second-order valence-corrected chi connectivity index (χ2v) is 4.68. The minimum absolute atomic E-state index is 0.0552. The molecule has 5 nitrogen and oxygen atoms in total. The number of hydrogen-bond donors (Lipinski definition) is 2. The maximum Gasteiger partial charge on any atom is 0.354 e. The SMILES string of the molecule is CCC1(NC(=O)c2ccc(C(=O)O)nc2)CCC1. The van der Waals surface area contributed by atoms with E-state index in [0.717, 1.165) is 25.7 Å². The van der Waals surface area contributed by atoms with Crippen LogP contribution < -0.4 is 5.32 Å². The normalized spacial score (nSPS) is 16.7. The highest BCUT2D eigenvalue weighted by Gasteiger charge is 2.36. The number of carbonyl (C=O) groups excluding carboxylic acids is 1. The first-order chi connectivity index (χ1) is 8.56. The Bertz CT molecular complexity index is 458. The van der Waals surface area contributed by atoms with Gasteiger partial charge in [0.1, 0.15) is 5.69 Å². The third kappa shape index (κ3) is 2.34. The van der Waals surface area contributed by atoms with Gasteiger partial charge in [0.15, 0.2) is 0 Å². The molecular weight excluding hydrogens is 232 g/mol. The van der Waals surface area contributed by atoms with Crippen LogP contribution in [0.5, 0.6) is 0 Å². The molecule has 0 bridgehead atoms. The lowest BCUT2D eigenvalue weighted by Gasteiger charge is -2.42. The molecule has 0 aliphatic heterocycles. The molecule has 18 heavy (non-hydrogen) atoms. The minimum Gasteiger partial charge on any atom is -0.477 e. The highest BCUT2D eigenvalue weighted by atomic mass is 16.4. The number of hydrogen-bond acceptors (Lipinski definition) is 3. The van der Waals surface area contributed by atoms with E-state index in [9.17, 15) is 9.59 Å². The largest absolute Gasteiger partial charge is 0.477 e. The van der Waals surface area contributed by atoms with Gasteiger partial charge < -0.3 is 10.4 Å². The third-order valence-electron chi connectivity index (χ3n) is 3.61. The molecule has 0 spiro atoms. The molecule has 1 saturated carbocycles. The standard InChI is InChI=1S/C13H16N2O3/c1-2-13(6-3-7-13)15-11(16)9-4-5-10(12(17)18)14-8-9/h4-5,8H,2-3,6-7H2,1H3,(H,15,16)(H,17,18). The summed E-state index contributed by atoms with van der Waals surface area (Å²) in [4.78, 5) is 26.4. The molecule has 1 aliphatic rings. The van der Waals surface area contributed by atoms with Crippen LogP contribution in [0.1, 0.15) is 53.5 Å². The van der Waals surface area contributed by atoms with E-state index in [4.69, 9.17) is 5.11 Å². The zero-order valence-corrected chi connectivity index (χ0v) is 10.3. The van der Waals surface area contributed by atoms with Crippen LogP contribution in [-0.2, 0) is 0 Å². The fraction of sp³-hybridized carbons (Fsp3) is 0.462. The lowest BCUT2D eigenvalue weighted by atomic mass is 9.74. The molecule has 1 aromatic heterocycles. The van der Waals surface area contributed by atoms with Gasteiger partial charge in [-0.3, -0.25) is 4.79 Å². The summed E-state index contributed by atoms with van der Waals surface area (Å²) in [5.41, 5.74) is 0.280. The summed E-state index contributed by atoms with van der Waals surface area (Å²) in [5.74, 6) is -1.27. The zero-order chi connectivity index (χ0) is 13.2. The van der Waals surface area contributed by atoms with Gasteiger partial charge in [0, 0.05) is 11.7 Å². The van der Waals surface area contributed by atoms with E-state index in [1.807, 2.05) is 0 Å². The van der Waals surface area contributed by atoms with E-state index in [-0.39, 0.29) is 17.1 Å². The summed E-state index contributed by atoms with van der Waals surface area (Å²) in [6.07, 6.45) is 5.39. The molecule has 1 heterocycles. The van der Waals surface area contributed by atoms with Gasteiger partial charge in [0.05, 0.1) is 5.56 Å². The van der Waals surface area contributed by atoms with Crippen molar-refractivity contribution in [1.29, 1.82) is 0 Å². The summed E-state index contributed by atoms with van der Waals surface area (Å²) in [6, 6.07) is 2.84. The maximum atomic E-state index is 12.0. The predicted molar refractivity (Wildman–Crippen MR) is 65.5 cm³/mol. The molecule has 96 valence electrons. The van der Waals surface area contributed by atoms with Crippen molar-refractivity contribution >= 4 is 11.9 Å². The van der Waals surface area contributed by atoms with Gasteiger partial charge in [-0.1, -0.05) is 6.92 Å². The van der Waals surface area contributed by atoms with E-state index in [1.165, 1.54) is 18.3 Å². The third-order valence-corrected chi connectivity index (χ3v) is 3.61. The first kappa shape index (κ1) is 12.5. The Hall–Kier alpha value is -1.91. The molecule has 1 fully saturated rings. The second kappa shape index (κ2) is 4.76. The average molecular weight is 248 g/mol. The van der Waals surface area contributed by atoms with Crippen molar-refractivity contribution in [2.45, 2.75) is 38.1 Å². The van der Waals surface area contributed by atoms with Gasteiger partial charge in [0.2, 0.25) is 0 Å². The highest BCUT2D eigenvalue weighted by molar-refractivity contribution is 5.95. The number of aromatic carboxylic acids is 1. The zero-order valence-electron chi connectivity index (χ0n) is 10.3. The second-order valence-electron chi connectivity index (χ2n) is 4.68. The van der Waals surface area contributed by atoms with Crippen LogP contribution >= 0.6 is 0 Å². The van der Waals surface area contributed by atoms with Crippen LogP contribution in [0.4, 0.5) is 0 Å². The summed E-state index contributed by atoms with van der Waals surface area (Å²) in [5, 5.41) is 11.7. The van der Waals surface area contributed by atoms with Gasteiger partial charge >= 0.3 is 5.97 Å². The average Bonchev–Trinajstić information content (AvgIpc) is 2.33. The van der Waals surface area contributed by atoms with Crippen LogP contribution in [0.25, 0.3) is 0 Å². The Morgan fingerprint density at radius 3 is 2.56 bits per heavy atom. The molecule has 0 saturated heterocycles. The van der Waals surface area contributed by atoms with Crippen LogP contribution in [0.2, 0.25) is 0 Å². The maximum absolute atomic E-state index is 12.0. The number of nitrogens with one attached hydrogen (secondary N) is 1. The lowest BCUT2D eigenvalue weighted by Crippen LogP contribution is -2.52. The Kier molecular flexibility index (Phi) is 3.32. The molecule has 1 aliphatic carbocycles. The van der Waals surface area contributed by atoms with Crippen LogP contribution in [-0.4, -0.2) is 27.5 Å². The van der Waals surface area contributed by atoms with Crippen molar-refractivity contribution in [3.05, 3.63) is 29.6 Å². The van der Waals surface area contributed by atoms with E-state index in [2.05, 4.69) is 17.2 Å². The Morgan fingerprint density at radius 1 is 1.44 bits per heavy atom. The molecule has 2 rings (SSSR count). The fourth-order valence-corrected chi connectivity index (χ4v) is 2.14. The number of carboxylic acid groups (broad SMARTS) is 1. The first-order valence-corrected chi connectivity index (χ1v) is 6.08. The minimum atomic E-state index is -1.09. The van der Waals surface area contributed by atoms with Gasteiger partial charge in [-0.05, 0) is 37.8 Å². The van der Waals surface area contributed by atoms with Gasteiger partial charge in [0.25, 0.3) is 5.91 Å². The fourth-order valence-electron chi connectivity index (χ4n) is 2.14. The molecule has 0 atom stereocenters. The van der Waals surface area contributed by atoms with Crippen molar-refractivity contribution in [3.63, 3.8) is 0 Å². The van der Waals surface area contributed by atoms with E-state index in [0.29, 0.717) is 5.56 Å². The predicted octanol–water partition coefficient (Wildman–Crippen LogP) is 1.84. The van der Waals surface area contributed by atoms with Crippen LogP contribution in [0, 0.1) is 0 Å². The monoisotopic (exact) mass is 248 g/mol. The number of carboxylic acids is 1. The topological polar surface area (TPSA) is 79.3 Å².